The predicted octanol–water partition coefficient (Wildman–Crippen LogP) is -2.53. The second-order valence-corrected chi connectivity index (χ2v) is 20.2. The summed E-state index contributed by atoms with van der Waals surface area (Å²) < 4.78 is 0. The Morgan fingerprint density at radius 3 is 1.82 bits per heavy atom. The van der Waals surface area contributed by atoms with Gasteiger partial charge in [0.1, 0.15) is 42.3 Å². The van der Waals surface area contributed by atoms with Crippen LogP contribution in [-0.4, -0.2) is 149 Å². The Morgan fingerprint density at radius 2 is 1.24 bits per heavy atom. The van der Waals surface area contributed by atoms with Crippen LogP contribution in [-0.2, 0) is 38.4 Å². The SMILES string of the molecule is NC(=O)CC[C@H](NC(=O)[C@@H](CCCN=C(N)N)NC(=O)[C@@H](CCCN=C(N)N)NC(=O)[C@@H]1CCCN1C(=O)c1ccccc1)C(=O)N[C@@H](CC1CCCCC1)C(=O)N[C@H]1CSCSC[C@@H](C(N)=O)NC1=O. The summed E-state index contributed by atoms with van der Waals surface area (Å²) in [5, 5.41) is 16.8. The molecule has 26 heteroatoms. The van der Waals surface area contributed by atoms with Gasteiger partial charge in [-0.25, -0.2) is 0 Å². The lowest BCUT2D eigenvalue weighted by molar-refractivity contribution is -0.136. The topological polar surface area (TPSA) is 410 Å². The van der Waals surface area contributed by atoms with Crippen molar-refractivity contribution in [3.8, 4) is 0 Å². The maximum Gasteiger partial charge on any atom is 0.254 e. The lowest BCUT2D eigenvalue weighted by atomic mass is 9.84. The summed E-state index contributed by atoms with van der Waals surface area (Å²) >= 11 is 2.79. The van der Waals surface area contributed by atoms with Crippen LogP contribution in [0, 0.1) is 5.92 Å². The molecular formula is C45H71N15O9S2. The third-order valence-electron chi connectivity index (χ3n) is 12.3. The number of carbonyl (C=O) groups is 9. The molecule has 2 heterocycles. The molecule has 3 fully saturated rings. The molecule has 0 spiro atoms. The Hall–Kier alpha value is -6.31. The van der Waals surface area contributed by atoms with E-state index in [9.17, 15) is 43.2 Å². The minimum Gasteiger partial charge on any atom is -0.370 e. The zero-order valence-corrected chi connectivity index (χ0v) is 41.6. The van der Waals surface area contributed by atoms with E-state index < -0.39 is 89.6 Å². The first-order valence-corrected chi connectivity index (χ1v) is 26.3. The molecule has 4 rings (SSSR count). The second kappa shape index (κ2) is 29.8. The number of amides is 9. The number of aliphatic imine (C=N–C) groups is 2. The number of benzene rings is 1. The average molecular weight is 1030 g/mol. The third kappa shape index (κ3) is 19.8. The molecule has 24 nitrogen and oxygen atoms in total. The molecule has 0 radical (unpaired) electrons. The number of rotatable bonds is 25. The van der Waals surface area contributed by atoms with Gasteiger partial charge in [0, 0.05) is 48.2 Å². The molecule has 3 aliphatic rings. The summed E-state index contributed by atoms with van der Waals surface area (Å²) in [4.78, 5) is 131. The summed E-state index contributed by atoms with van der Waals surface area (Å²) in [6.07, 6.45) is 5.19. The first-order valence-electron chi connectivity index (χ1n) is 24.0. The van der Waals surface area contributed by atoms with Crippen molar-refractivity contribution in [3.05, 3.63) is 35.9 Å². The van der Waals surface area contributed by atoms with Gasteiger partial charge in [-0.1, -0.05) is 50.3 Å². The van der Waals surface area contributed by atoms with Crippen molar-refractivity contribution in [2.24, 2.45) is 50.3 Å². The quantitative estimate of drug-likeness (QED) is 0.0273. The Kier molecular flexibility index (Phi) is 24.0. The Balaban J connectivity index is 1.58. The van der Waals surface area contributed by atoms with Gasteiger partial charge < -0.3 is 71.2 Å². The number of hydrogen-bond donors (Lipinski definition) is 12. The minimum atomic E-state index is -1.46. The van der Waals surface area contributed by atoms with E-state index in [-0.39, 0.29) is 93.3 Å². The molecule has 18 N–H and O–H groups in total. The third-order valence-corrected chi connectivity index (χ3v) is 14.7. The van der Waals surface area contributed by atoms with Crippen molar-refractivity contribution >= 4 is 88.6 Å². The molecule has 2 saturated heterocycles. The summed E-state index contributed by atoms with van der Waals surface area (Å²) in [6, 6.07) is 0.271. The van der Waals surface area contributed by atoms with Crippen LogP contribution in [0.1, 0.15) is 100 Å². The highest BCUT2D eigenvalue weighted by Crippen LogP contribution is 2.28. The van der Waals surface area contributed by atoms with Crippen molar-refractivity contribution in [2.45, 2.75) is 132 Å². The largest absolute Gasteiger partial charge is 0.370 e. The second-order valence-electron chi connectivity index (χ2n) is 17.8. The molecular weight excluding hydrogens is 959 g/mol. The molecule has 7 atom stereocenters. The zero-order valence-electron chi connectivity index (χ0n) is 39.9. The van der Waals surface area contributed by atoms with Crippen LogP contribution in [0.5, 0.6) is 0 Å². The van der Waals surface area contributed by atoms with E-state index >= 15 is 0 Å². The molecule has 9 amide bonds. The number of carbonyl (C=O) groups excluding carboxylic acids is 9. The Morgan fingerprint density at radius 1 is 0.676 bits per heavy atom. The van der Waals surface area contributed by atoms with Crippen LogP contribution in [0.4, 0.5) is 0 Å². The molecule has 1 aromatic carbocycles. The minimum absolute atomic E-state index is 0.00995. The number of hydrogen-bond acceptors (Lipinski definition) is 13. The number of nitrogens with one attached hydrogen (secondary N) is 6. The zero-order chi connectivity index (χ0) is 51.9. The standard InChI is InChI=1S/C45H71N15O9S2/c46-35(61)18-17-30(39(65)57-31(22-26-10-3-1-4-11-26)40(66)59-33-24-71-25-70-23-32(36(47)62)58-41(33)67)55-37(63)28(14-7-19-52-44(48)49)54-38(64)29(15-8-20-53-45(50)51)56-42(68)34-16-9-21-60(34)43(69)27-12-5-2-6-13-27/h2,5-6,12-13,26,28-34H,1,3-4,7-11,14-25H2,(H2,46,61)(H2,47,62)(H,54,64)(H,55,63)(H,56,68)(H,57,65)(H,58,67)(H,59,66)(H4,48,49,52)(H4,50,51,53)/t28-,29-,30+,31+,32+,33+,34+/m1/s1. The van der Waals surface area contributed by atoms with Crippen LogP contribution >= 0.6 is 23.5 Å². The summed E-state index contributed by atoms with van der Waals surface area (Å²) in [5.74, 6) is -6.13. The van der Waals surface area contributed by atoms with Crippen LogP contribution in [0.25, 0.3) is 0 Å². The van der Waals surface area contributed by atoms with Gasteiger partial charge in [-0.15, -0.1) is 23.5 Å². The first-order chi connectivity index (χ1) is 33.9. The normalized spacial score (nSPS) is 20.1. The van der Waals surface area contributed by atoms with Gasteiger partial charge in [-0.2, -0.15) is 0 Å². The predicted molar refractivity (Wildman–Crippen MR) is 271 cm³/mol. The fourth-order valence-corrected chi connectivity index (χ4v) is 10.7. The van der Waals surface area contributed by atoms with E-state index in [0.29, 0.717) is 30.0 Å². The van der Waals surface area contributed by atoms with Gasteiger partial charge in [-0.05, 0) is 69.4 Å². The summed E-state index contributed by atoms with van der Waals surface area (Å²) in [7, 11) is 0. The van der Waals surface area contributed by atoms with Crippen LogP contribution in [0.3, 0.4) is 0 Å². The van der Waals surface area contributed by atoms with E-state index in [2.05, 4.69) is 41.9 Å². The van der Waals surface area contributed by atoms with Crippen LogP contribution in [0.2, 0.25) is 0 Å². The Labute approximate surface area is 421 Å². The fraction of sp³-hybridized carbons (Fsp3) is 0.622. The summed E-state index contributed by atoms with van der Waals surface area (Å²) in [6.45, 7) is 0.470. The average Bonchev–Trinajstić information content (AvgIpc) is 3.86. The lowest BCUT2D eigenvalue weighted by Gasteiger charge is -2.30. The molecule has 1 saturated carbocycles. The van der Waals surface area contributed by atoms with Gasteiger partial charge in [0.25, 0.3) is 5.91 Å². The van der Waals surface area contributed by atoms with Crippen molar-refractivity contribution in [2.75, 3.05) is 36.2 Å². The highest BCUT2D eigenvalue weighted by atomic mass is 32.2. The van der Waals surface area contributed by atoms with E-state index in [1.165, 1.54) is 28.4 Å². The lowest BCUT2D eigenvalue weighted by Crippen LogP contribution is -2.60. The maximum atomic E-state index is 14.4. The highest BCUT2D eigenvalue weighted by Gasteiger charge is 2.38. The smallest absolute Gasteiger partial charge is 0.254 e. The molecule has 1 aromatic rings. The van der Waals surface area contributed by atoms with E-state index in [4.69, 9.17) is 34.4 Å². The molecule has 2 aliphatic heterocycles. The fourth-order valence-electron chi connectivity index (χ4n) is 8.51. The number of nitrogens with zero attached hydrogens (tertiary/aromatic N) is 3. The van der Waals surface area contributed by atoms with E-state index in [0.717, 1.165) is 32.1 Å². The van der Waals surface area contributed by atoms with Gasteiger partial charge in [-0.3, -0.25) is 53.1 Å². The summed E-state index contributed by atoms with van der Waals surface area (Å²) in [5.41, 5.74) is 33.5. The molecule has 392 valence electrons. The van der Waals surface area contributed by atoms with Gasteiger partial charge in [0.15, 0.2) is 11.9 Å². The monoisotopic (exact) mass is 1030 g/mol. The van der Waals surface area contributed by atoms with Gasteiger partial charge >= 0.3 is 0 Å². The number of likely N-dealkylation sites (tertiary alicyclic amines) is 1. The van der Waals surface area contributed by atoms with Crippen molar-refractivity contribution in [1.82, 2.24) is 36.8 Å². The van der Waals surface area contributed by atoms with Crippen molar-refractivity contribution in [3.63, 3.8) is 0 Å². The van der Waals surface area contributed by atoms with E-state index in [1.807, 2.05) is 0 Å². The number of nitrogens with two attached hydrogens (primary N) is 6. The van der Waals surface area contributed by atoms with E-state index in [1.54, 1.807) is 30.3 Å². The number of primary amides is 2. The highest BCUT2D eigenvalue weighted by molar-refractivity contribution is 8.16. The van der Waals surface area contributed by atoms with Crippen molar-refractivity contribution in [1.29, 1.82) is 0 Å². The van der Waals surface area contributed by atoms with Gasteiger partial charge in [0.2, 0.25) is 47.3 Å². The van der Waals surface area contributed by atoms with Crippen LogP contribution < -0.4 is 66.3 Å². The Bertz CT molecular complexity index is 2070. The molecule has 0 aromatic heterocycles. The molecule has 1 aliphatic carbocycles. The number of thioether (sulfide) groups is 2. The maximum absolute atomic E-state index is 14.4. The van der Waals surface area contributed by atoms with Crippen LogP contribution in [0.15, 0.2) is 40.3 Å². The first kappa shape index (κ1) is 57.3. The van der Waals surface area contributed by atoms with Gasteiger partial charge in [0.05, 0.1) is 0 Å². The molecule has 71 heavy (non-hydrogen) atoms. The van der Waals surface area contributed by atoms with Crippen molar-refractivity contribution < 1.29 is 43.2 Å². The molecule has 0 unspecified atom stereocenters. The number of guanidine groups is 2. The molecule has 0 bridgehead atoms.